The molecule has 3 amide bonds. The van der Waals surface area contributed by atoms with E-state index in [1.807, 2.05) is 26.0 Å². The molecule has 0 aliphatic carbocycles. The van der Waals surface area contributed by atoms with Gasteiger partial charge in [0.1, 0.15) is 0 Å². The van der Waals surface area contributed by atoms with Crippen LogP contribution in [0.1, 0.15) is 11.1 Å². The first-order valence-corrected chi connectivity index (χ1v) is 5.88. The highest BCUT2D eigenvalue weighted by molar-refractivity contribution is 6.07. The van der Waals surface area contributed by atoms with Gasteiger partial charge in [0.15, 0.2) is 0 Å². The van der Waals surface area contributed by atoms with Gasteiger partial charge in [-0.1, -0.05) is 17.7 Å². The highest BCUT2D eigenvalue weighted by Gasteiger charge is 2.14. The maximum absolute atomic E-state index is 11.8. The summed E-state index contributed by atoms with van der Waals surface area (Å²) < 4.78 is 0. The third-order valence-electron chi connectivity index (χ3n) is 2.63. The van der Waals surface area contributed by atoms with Gasteiger partial charge >= 0.3 is 12.0 Å². The maximum Gasteiger partial charge on any atom is 0.328 e. The first-order chi connectivity index (χ1) is 9.31. The number of hydrogen-bond donors (Lipinski definition) is 2. The van der Waals surface area contributed by atoms with E-state index in [0.717, 1.165) is 17.2 Å². The summed E-state index contributed by atoms with van der Waals surface area (Å²) in [6.45, 7) is 3.80. The summed E-state index contributed by atoms with van der Waals surface area (Å²) >= 11 is 0. The zero-order chi connectivity index (χ0) is 15.3. The molecular formula is C14H16N2O4. The summed E-state index contributed by atoms with van der Waals surface area (Å²) in [5.41, 5.74) is 2.64. The molecule has 0 fully saturated rings. The third kappa shape index (κ3) is 4.24. The number of carboxylic acid groups (broad SMARTS) is 1. The van der Waals surface area contributed by atoms with Gasteiger partial charge < -0.3 is 5.11 Å². The number of carbonyl (C=O) groups excluding carboxylic acids is 2. The smallest absolute Gasteiger partial charge is 0.328 e. The molecule has 1 aromatic carbocycles. The highest BCUT2D eigenvalue weighted by atomic mass is 16.4. The predicted octanol–water partition coefficient (Wildman–Crippen LogP) is 1.62. The molecule has 0 bridgehead atoms. The van der Waals surface area contributed by atoms with Crippen molar-refractivity contribution in [2.75, 3.05) is 11.9 Å². The van der Waals surface area contributed by atoms with Crippen molar-refractivity contribution in [3.05, 3.63) is 41.5 Å². The minimum atomic E-state index is -1.25. The fourth-order valence-electron chi connectivity index (χ4n) is 1.67. The number of amides is 3. The van der Waals surface area contributed by atoms with Crippen molar-refractivity contribution >= 4 is 23.6 Å². The minimum absolute atomic E-state index is 0.628. The average molecular weight is 276 g/mol. The van der Waals surface area contributed by atoms with Crippen LogP contribution in [0.15, 0.2) is 30.4 Å². The van der Waals surface area contributed by atoms with Crippen LogP contribution in [0.4, 0.5) is 10.5 Å². The molecule has 0 heterocycles. The Morgan fingerprint density at radius 2 is 1.85 bits per heavy atom. The van der Waals surface area contributed by atoms with Crippen LogP contribution in [0.2, 0.25) is 0 Å². The number of benzene rings is 1. The number of carboxylic acids is 1. The van der Waals surface area contributed by atoms with Crippen LogP contribution < -0.4 is 10.2 Å². The van der Waals surface area contributed by atoms with Crippen LogP contribution in [0.25, 0.3) is 0 Å². The molecule has 0 aliphatic rings. The predicted molar refractivity (Wildman–Crippen MR) is 74.6 cm³/mol. The van der Waals surface area contributed by atoms with Crippen molar-refractivity contribution < 1.29 is 19.5 Å². The summed E-state index contributed by atoms with van der Waals surface area (Å²) in [7, 11) is 1.53. The van der Waals surface area contributed by atoms with Crippen LogP contribution in [-0.2, 0) is 9.59 Å². The van der Waals surface area contributed by atoms with E-state index in [9.17, 15) is 14.4 Å². The van der Waals surface area contributed by atoms with Gasteiger partial charge in [-0.3, -0.25) is 15.0 Å². The van der Waals surface area contributed by atoms with Gasteiger partial charge in [0.25, 0.3) is 5.91 Å². The van der Waals surface area contributed by atoms with Gasteiger partial charge in [-0.25, -0.2) is 9.59 Å². The Hall–Kier alpha value is -2.63. The summed E-state index contributed by atoms with van der Waals surface area (Å²) in [6.07, 6.45) is 1.45. The Balaban J connectivity index is 2.77. The molecule has 1 rings (SSSR count). The molecule has 20 heavy (non-hydrogen) atoms. The van der Waals surface area contributed by atoms with Gasteiger partial charge in [-0.2, -0.15) is 0 Å². The number of imide groups is 1. The van der Waals surface area contributed by atoms with E-state index in [4.69, 9.17) is 5.11 Å². The van der Waals surface area contributed by atoms with Crippen molar-refractivity contribution in [3.63, 3.8) is 0 Å². The Morgan fingerprint density at radius 1 is 1.20 bits per heavy atom. The van der Waals surface area contributed by atoms with E-state index in [2.05, 4.69) is 5.32 Å². The number of nitrogens with one attached hydrogen (secondary N) is 1. The molecule has 0 aliphatic heterocycles. The van der Waals surface area contributed by atoms with E-state index < -0.39 is 17.9 Å². The lowest BCUT2D eigenvalue weighted by Gasteiger charge is -2.19. The lowest BCUT2D eigenvalue weighted by atomic mass is 10.1. The van der Waals surface area contributed by atoms with E-state index in [0.29, 0.717) is 11.8 Å². The normalized spacial score (nSPS) is 10.3. The van der Waals surface area contributed by atoms with Crippen molar-refractivity contribution in [2.24, 2.45) is 0 Å². The molecular weight excluding hydrogens is 260 g/mol. The SMILES string of the molecule is Cc1ccc(N(C)C(=O)NC(=O)C=CC(=O)O)c(C)c1. The first kappa shape index (κ1) is 15.4. The van der Waals surface area contributed by atoms with E-state index >= 15 is 0 Å². The van der Waals surface area contributed by atoms with Crippen LogP contribution in [0.5, 0.6) is 0 Å². The van der Waals surface area contributed by atoms with Gasteiger partial charge in [-0.05, 0) is 25.5 Å². The van der Waals surface area contributed by atoms with E-state index in [1.165, 1.54) is 11.9 Å². The molecule has 106 valence electrons. The highest BCUT2D eigenvalue weighted by Crippen LogP contribution is 2.19. The van der Waals surface area contributed by atoms with Gasteiger partial charge in [0, 0.05) is 24.9 Å². The van der Waals surface area contributed by atoms with Crippen LogP contribution in [0, 0.1) is 13.8 Å². The first-order valence-electron chi connectivity index (χ1n) is 5.88. The summed E-state index contributed by atoms with van der Waals surface area (Å²) in [5.74, 6) is -2.04. The second-order valence-corrected chi connectivity index (χ2v) is 4.31. The third-order valence-corrected chi connectivity index (χ3v) is 2.63. The molecule has 6 heteroatoms. The van der Waals surface area contributed by atoms with Crippen molar-refractivity contribution in [2.45, 2.75) is 13.8 Å². The lowest BCUT2D eigenvalue weighted by Crippen LogP contribution is -2.40. The second kappa shape index (κ2) is 6.51. The van der Waals surface area contributed by atoms with E-state index in [1.54, 1.807) is 6.07 Å². The Labute approximate surface area is 116 Å². The second-order valence-electron chi connectivity index (χ2n) is 4.31. The molecule has 0 spiro atoms. The minimum Gasteiger partial charge on any atom is -0.478 e. The van der Waals surface area contributed by atoms with Gasteiger partial charge in [0.05, 0.1) is 0 Å². The Morgan fingerprint density at radius 3 is 2.40 bits per heavy atom. The van der Waals surface area contributed by atoms with Gasteiger partial charge in [0.2, 0.25) is 0 Å². The summed E-state index contributed by atoms with van der Waals surface area (Å²) in [6, 6.07) is 4.93. The molecule has 0 saturated carbocycles. The van der Waals surface area contributed by atoms with Crippen molar-refractivity contribution in [1.29, 1.82) is 0 Å². The lowest BCUT2D eigenvalue weighted by molar-refractivity contribution is -0.131. The molecule has 0 aromatic heterocycles. The van der Waals surface area contributed by atoms with Crippen molar-refractivity contribution in [3.8, 4) is 0 Å². The Kier molecular flexibility index (Phi) is 5.02. The maximum atomic E-state index is 11.8. The standard InChI is InChI=1S/C14H16N2O4/c1-9-4-5-11(10(2)8-9)16(3)14(20)15-12(17)6-7-13(18)19/h4-8H,1-3H3,(H,18,19)(H,15,17,20). The van der Waals surface area contributed by atoms with Crippen molar-refractivity contribution in [1.82, 2.24) is 5.32 Å². The number of aryl methyl sites for hydroxylation is 2. The monoisotopic (exact) mass is 276 g/mol. The topological polar surface area (TPSA) is 86.7 Å². The fraction of sp³-hybridized carbons (Fsp3) is 0.214. The molecule has 0 atom stereocenters. The quantitative estimate of drug-likeness (QED) is 0.821. The molecule has 6 nitrogen and oxygen atoms in total. The van der Waals surface area contributed by atoms with Crippen LogP contribution in [0.3, 0.4) is 0 Å². The number of aliphatic carboxylic acids is 1. The molecule has 2 N–H and O–H groups in total. The molecule has 0 radical (unpaired) electrons. The number of anilines is 1. The van der Waals surface area contributed by atoms with Gasteiger partial charge in [-0.15, -0.1) is 0 Å². The van der Waals surface area contributed by atoms with Crippen LogP contribution >= 0.6 is 0 Å². The Bertz CT molecular complexity index is 579. The summed E-state index contributed by atoms with van der Waals surface area (Å²) in [5, 5.41) is 10.5. The fourth-order valence-corrected chi connectivity index (χ4v) is 1.67. The zero-order valence-corrected chi connectivity index (χ0v) is 11.5. The number of nitrogens with zero attached hydrogens (tertiary/aromatic N) is 1. The molecule has 0 saturated heterocycles. The number of urea groups is 1. The summed E-state index contributed by atoms with van der Waals surface area (Å²) in [4.78, 5) is 34.7. The number of rotatable bonds is 3. The molecule has 1 aromatic rings. The number of carbonyl (C=O) groups is 3. The largest absolute Gasteiger partial charge is 0.478 e. The van der Waals surface area contributed by atoms with E-state index in [-0.39, 0.29) is 0 Å². The van der Waals surface area contributed by atoms with Crippen LogP contribution in [-0.4, -0.2) is 30.1 Å². The average Bonchev–Trinajstić information content (AvgIpc) is 2.35. The number of hydrogen-bond acceptors (Lipinski definition) is 3. The molecule has 0 unspecified atom stereocenters. The zero-order valence-electron chi connectivity index (χ0n) is 11.5.